The lowest BCUT2D eigenvalue weighted by atomic mass is 9.95. The van der Waals surface area contributed by atoms with Gasteiger partial charge in [-0.1, -0.05) is 18.2 Å². The molecule has 1 aromatic carbocycles. The molecule has 0 fully saturated rings. The maximum absolute atomic E-state index is 10.8. The summed E-state index contributed by atoms with van der Waals surface area (Å²) in [7, 11) is 0. The van der Waals surface area contributed by atoms with Gasteiger partial charge in [0.05, 0.1) is 12.2 Å². The summed E-state index contributed by atoms with van der Waals surface area (Å²) in [5.41, 5.74) is 0.0129. The third kappa shape index (κ3) is 2.32. The van der Waals surface area contributed by atoms with Crippen LogP contribution < -0.4 is 0 Å². The molecule has 0 amide bonds. The van der Waals surface area contributed by atoms with Gasteiger partial charge in [0.2, 0.25) is 0 Å². The number of rotatable bonds is 4. The van der Waals surface area contributed by atoms with Gasteiger partial charge in [-0.15, -0.1) is 0 Å². The normalized spacial score (nSPS) is 12.1. The van der Waals surface area contributed by atoms with Gasteiger partial charge in [-0.05, 0) is 11.6 Å². The Morgan fingerprint density at radius 2 is 1.80 bits per heavy atom. The van der Waals surface area contributed by atoms with E-state index in [-0.39, 0.29) is 11.1 Å². The van der Waals surface area contributed by atoms with E-state index >= 15 is 0 Å². The largest absolute Gasteiger partial charge is 0.481 e. The predicted octanol–water partition coefficient (Wildman–Crippen LogP) is 0.545. The minimum atomic E-state index is -1.24. The second-order valence-electron chi connectivity index (χ2n) is 2.97. The summed E-state index contributed by atoms with van der Waals surface area (Å²) >= 11 is 0. The van der Waals surface area contributed by atoms with Crippen molar-refractivity contribution in [1.82, 2.24) is 0 Å². The molecule has 0 aromatic heterocycles. The van der Waals surface area contributed by atoms with Crippen LogP contribution >= 0.6 is 0 Å². The average molecular weight is 210 g/mol. The molecule has 3 N–H and O–H groups in total. The van der Waals surface area contributed by atoms with Crippen molar-refractivity contribution in [2.45, 2.75) is 5.92 Å². The topological polar surface area (TPSA) is 94.8 Å². The summed E-state index contributed by atoms with van der Waals surface area (Å²) in [6.07, 6.45) is 0. The Bertz CT molecular complexity index is 385. The second kappa shape index (κ2) is 4.56. The lowest BCUT2D eigenvalue weighted by Crippen LogP contribution is -2.18. The quantitative estimate of drug-likeness (QED) is 0.674. The van der Waals surface area contributed by atoms with Gasteiger partial charge in [0.15, 0.2) is 0 Å². The zero-order valence-electron chi connectivity index (χ0n) is 7.75. The number of benzene rings is 1. The highest BCUT2D eigenvalue weighted by atomic mass is 16.4. The zero-order valence-corrected chi connectivity index (χ0v) is 7.75. The molecule has 1 unspecified atom stereocenters. The van der Waals surface area contributed by atoms with E-state index < -0.39 is 24.5 Å². The Hall–Kier alpha value is -1.88. The van der Waals surface area contributed by atoms with E-state index in [4.69, 9.17) is 15.3 Å². The molecule has 0 saturated carbocycles. The molecule has 0 spiro atoms. The van der Waals surface area contributed by atoms with Crippen molar-refractivity contribution in [3.8, 4) is 0 Å². The van der Waals surface area contributed by atoms with Crippen LogP contribution in [0.25, 0.3) is 0 Å². The molecule has 1 aromatic rings. The van der Waals surface area contributed by atoms with Crippen LogP contribution in [0.2, 0.25) is 0 Å². The van der Waals surface area contributed by atoms with Crippen LogP contribution in [0.1, 0.15) is 21.8 Å². The molecule has 0 heterocycles. The molecule has 80 valence electrons. The molecule has 0 radical (unpaired) electrons. The summed E-state index contributed by atoms with van der Waals surface area (Å²) in [6.45, 7) is -0.625. The Labute approximate surface area is 85.6 Å². The van der Waals surface area contributed by atoms with Gasteiger partial charge in [-0.2, -0.15) is 0 Å². The number of aliphatic carboxylic acids is 1. The summed E-state index contributed by atoms with van der Waals surface area (Å²) in [6, 6.07) is 5.73. The van der Waals surface area contributed by atoms with Crippen LogP contribution in [-0.4, -0.2) is 33.9 Å². The van der Waals surface area contributed by atoms with Gasteiger partial charge in [-0.3, -0.25) is 4.79 Å². The van der Waals surface area contributed by atoms with Crippen molar-refractivity contribution in [3.63, 3.8) is 0 Å². The van der Waals surface area contributed by atoms with E-state index in [1.54, 1.807) is 0 Å². The van der Waals surface area contributed by atoms with Crippen molar-refractivity contribution >= 4 is 11.9 Å². The molecule has 1 atom stereocenters. The number of aliphatic hydroxyl groups is 1. The minimum Gasteiger partial charge on any atom is -0.481 e. The highest BCUT2D eigenvalue weighted by molar-refractivity contribution is 5.92. The molecule has 15 heavy (non-hydrogen) atoms. The van der Waals surface area contributed by atoms with Gasteiger partial charge in [0.25, 0.3) is 0 Å². The van der Waals surface area contributed by atoms with Crippen molar-refractivity contribution in [3.05, 3.63) is 35.4 Å². The number of hydrogen-bond donors (Lipinski definition) is 3. The number of aliphatic hydroxyl groups excluding tert-OH is 1. The highest BCUT2D eigenvalue weighted by Crippen LogP contribution is 2.20. The minimum absolute atomic E-state index is 0.0982. The van der Waals surface area contributed by atoms with E-state index in [0.29, 0.717) is 0 Å². The average Bonchev–Trinajstić information content (AvgIpc) is 2.18. The molecule has 0 aliphatic heterocycles. The van der Waals surface area contributed by atoms with E-state index in [2.05, 4.69) is 0 Å². The summed E-state index contributed by atoms with van der Waals surface area (Å²) in [5, 5.41) is 26.5. The standard InChI is InChI=1S/C10H10O5/c11-5-8(10(14)15)6-3-1-2-4-7(6)9(12)13/h1-4,8,11H,5H2,(H,12,13)(H,14,15). The van der Waals surface area contributed by atoms with Crippen molar-refractivity contribution in [2.75, 3.05) is 6.61 Å². The molecule has 0 saturated heterocycles. The molecule has 5 nitrogen and oxygen atoms in total. The SMILES string of the molecule is O=C(O)c1ccccc1C(CO)C(=O)O. The van der Waals surface area contributed by atoms with E-state index in [1.165, 1.54) is 24.3 Å². The molecular formula is C10H10O5. The smallest absolute Gasteiger partial charge is 0.335 e. The van der Waals surface area contributed by atoms with E-state index in [9.17, 15) is 9.59 Å². The molecule has 0 aliphatic rings. The van der Waals surface area contributed by atoms with E-state index in [0.717, 1.165) is 0 Å². The Morgan fingerprint density at radius 1 is 1.20 bits per heavy atom. The van der Waals surface area contributed by atoms with Gasteiger partial charge < -0.3 is 15.3 Å². The third-order valence-corrected chi connectivity index (χ3v) is 2.05. The molecular weight excluding hydrogens is 200 g/mol. The maximum atomic E-state index is 10.8. The van der Waals surface area contributed by atoms with Crippen molar-refractivity contribution in [1.29, 1.82) is 0 Å². The van der Waals surface area contributed by atoms with Gasteiger partial charge in [0.1, 0.15) is 5.92 Å². The lowest BCUT2D eigenvalue weighted by Gasteiger charge is -2.11. The molecule has 0 bridgehead atoms. The fourth-order valence-corrected chi connectivity index (χ4v) is 1.31. The van der Waals surface area contributed by atoms with Gasteiger partial charge in [-0.25, -0.2) is 4.79 Å². The first-order chi connectivity index (χ1) is 7.07. The number of carbonyl (C=O) groups is 2. The van der Waals surface area contributed by atoms with E-state index in [1.807, 2.05) is 0 Å². The number of aromatic carboxylic acids is 1. The van der Waals surface area contributed by atoms with Crippen LogP contribution in [0.4, 0.5) is 0 Å². The second-order valence-corrected chi connectivity index (χ2v) is 2.97. The molecule has 5 heteroatoms. The number of carboxylic acids is 2. The summed E-state index contributed by atoms with van der Waals surface area (Å²) in [5.74, 6) is -3.64. The van der Waals surface area contributed by atoms with Crippen LogP contribution in [0.15, 0.2) is 24.3 Å². The Kier molecular flexibility index (Phi) is 3.41. The maximum Gasteiger partial charge on any atom is 0.335 e. The highest BCUT2D eigenvalue weighted by Gasteiger charge is 2.23. The van der Waals surface area contributed by atoms with Gasteiger partial charge >= 0.3 is 11.9 Å². The molecule has 0 aliphatic carbocycles. The van der Waals surface area contributed by atoms with Crippen LogP contribution in [0.5, 0.6) is 0 Å². The van der Waals surface area contributed by atoms with Crippen LogP contribution in [0, 0.1) is 0 Å². The molecule has 1 rings (SSSR count). The predicted molar refractivity (Wildman–Crippen MR) is 50.9 cm³/mol. The summed E-state index contributed by atoms with van der Waals surface area (Å²) in [4.78, 5) is 21.5. The lowest BCUT2D eigenvalue weighted by molar-refractivity contribution is -0.139. The van der Waals surface area contributed by atoms with Crippen LogP contribution in [0.3, 0.4) is 0 Å². The first-order valence-electron chi connectivity index (χ1n) is 4.23. The monoisotopic (exact) mass is 210 g/mol. The van der Waals surface area contributed by atoms with Crippen molar-refractivity contribution < 1.29 is 24.9 Å². The Morgan fingerprint density at radius 3 is 2.27 bits per heavy atom. The van der Waals surface area contributed by atoms with Crippen molar-refractivity contribution in [2.24, 2.45) is 0 Å². The number of carboxylic acid groups (broad SMARTS) is 2. The summed E-state index contributed by atoms with van der Waals surface area (Å²) < 4.78 is 0. The Balaban J connectivity index is 3.22. The van der Waals surface area contributed by atoms with Crippen LogP contribution in [-0.2, 0) is 4.79 Å². The van der Waals surface area contributed by atoms with Gasteiger partial charge in [0, 0.05) is 0 Å². The fraction of sp³-hybridized carbons (Fsp3) is 0.200. The first-order valence-corrected chi connectivity index (χ1v) is 4.23. The first kappa shape index (κ1) is 11.2. The third-order valence-electron chi connectivity index (χ3n) is 2.05. The fourth-order valence-electron chi connectivity index (χ4n) is 1.31. The zero-order chi connectivity index (χ0) is 11.4. The number of hydrogen-bond acceptors (Lipinski definition) is 3.